The molecule has 0 aliphatic rings. The van der Waals surface area contributed by atoms with Crippen LogP contribution in [0.1, 0.15) is 0 Å². The number of halogens is 1. The fraction of sp³-hybridized carbons (Fsp3) is 0. The van der Waals surface area contributed by atoms with Crippen molar-refractivity contribution in [3.05, 3.63) is 22.3 Å². The van der Waals surface area contributed by atoms with Crippen molar-refractivity contribution in [2.45, 2.75) is 0 Å². The van der Waals surface area contributed by atoms with Crippen molar-refractivity contribution in [1.29, 1.82) is 0 Å². The van der Waals surface area contributed by atoms with Crippen LogP contribution in [0.3, 0.4) is 0 Å². The van der Waals surface area contributed by atoms with E-state index >= 15 is 0 Å². The third-order valence-corrected chi connectivity index (χ3v) is 0. The molecule has 2 heteroatoms. The van der Waals surface area contributed by atoms with Crippen molar-refractivity contribution < 1.29 is 17.6 Å². The van der Waals surface area contributed by atoms with E-state index < -0.39 is 0 Å². The van der Waals surface area contributed by atoms with Gasteiger partial charge in [0.1, 0.15) is 0 Å². The Kier molecular flexibility index (Phi) is 190. The topological polar surface area (TPSA) is 0 Å². The predicted molar refractivity (Wildman–Crippen MR) is 32.2 cm³/mol. The largest absolute Gasteiger partial charge is 0.358 e. The average molecular weight is 142 g/mol. The fourth-order valence-corrected chi connectivity index (χ4v) is 0. The van der Waals surface area contributed by atoms with Gasteiger partial charge in [-0.05, 0) is 0 Å². The molecule has 0 aliphatic heterocycles. The van der Waals surface area contributed by atoms with Gasteiger partial charge in [-0.1, -0.05) is 0 Å². The Morgan fingerprint density at radius 2 is 1.17 bits per heavy atom. The second-order valence-electron chi connectivity index (χ2n) is 0.134. The molecule has 0 unspecified atom stereocenters. The van der Waals surface area contributed by atoms with Gasteiger partial charge in [0.15, 0.2) is 0 Å². The van der Waals surface area contributed by atoms with Crippen molar-refractivity contribution in [3.8, 4) is 0 Å². The first-order chi connectivity index (χ1) is 1.41. The van der Waals surface area contributed by atoms with Gasteiger partial charge in [0.05, 0.1) is 0 Å². The number of hydrogen-bond donors (Lipinski definition) is 0. The van der Waals surface area contributed by atoms with Crippen LogP contribution in [0, 0.1) is 22.3 Å². The number of hydrogen-bond acceptors (Lipinski definition) is 0. The van der Waals surface area contributed by atoms with Gasteiger partial charge in [0.2, 0.25) is 0 Å². The van der Waals surface area contributed by atoms with Crippen LogP contribution in [0.4, 0.5) is 0 Å². The van der Waals surface area contributed by atoms with E-state index in [0.29, 0.717) is 0 Å². The van der Waals surface area contributed by atoms with Gasteiger partial charge < -0.3 is 22.3 Å². The van der Waals surface area contributed by atoms with Gasteiger partial charge in [0.25, 0.3) is 0 Å². The molecule has 0 aromatic carbocycles. The van der Waals surface area contributed by atoms with Crippen LogP contribution >= 0.6 is 9.30 Å². The van der Waals surface area contributed by atoms with Crippen LogP contribution in [0.2, 0.25) is 0 Å². The monoisotopic (exact) mass is 142 g/mol. The summed E-state index contributed by atoms with van der Waals surface area (Å²) in [6.45, 7) is 0. The average Bonchev–Trinajstić information content (AvgIpc) is 0.918. The molecule has 0 aliphatic carbocycles. The normalized spacial score (nSPS) is 1.50. The second-order valence-corrected chi connectivity index (χ2v) is 1.65. The van der Waals surface area contributed by atoms with Gasteiger partial charge in [-0.3, -0.25) is 0 Å². The molecule has 0 fully saturated rings. The first-order valence-corrected chi connectivity index (χ1v) is 3.80. The predicted octanol–water partition coefficient (Wildman–Crippen LogP) is 2.01. The molecule has 0 N–H and O–H groups in total. The molecule has 0 bridgehead atoms. The van der Waals surface area contributed by atoms with Crippen LogP contribution in [0.5, 0.6) is 0 Å². The molecule has 0 saturated heterocycles. The van der Waals surface area contributed by atoms with Crippen LogP contribution < -0.4 is 0 Å². The van der Waals surface area contributed by atoms with E-state index in [0.717, 1.165) is 0 Å². The Labute approximate surface area is 54.2 Å². The van der Waals surface area contributed by atoms with Gasteiger partial charge >= 0.3 is 31.8 Å². The van der Waals surface area contributed by atoms with E-state index in [1.807, 2.05) is 0 Å². The number of rotatable bonds is 0. The molecule has 0 amide bonds. The summed E-state index contributed by atoms with van der Waals surface area (Å²) in [5.41, 5.74) is 0. The zero-order valence-corrected chi connectivity index (χ0v) is 6.90. The van der Waals surface area contributed by atoms with E-state index in [9.17, 15) is 0 Å². The maximum atomic E-state index is 5.01. The quantitative estimate of drug-likeness (QED) is 0.359. The Morgan fingerprint density at radius 1 is 1.17 bits per heavy atom. The minimum absolute atomic E-state index is 0. The maximum Gasteiger partial charge on any atom is -0.358 e. The Balaban J connectivity index is -0.00000000667. The first-order valence-electron chi connectivity index (χ1n) is 0.543. The second kappa shape index (κ2) is 39.7. The molecule has 6 heavy (non-hydrogen) atoms. The Morgan fingerprint density at radius 3 is 1.17 bits per heavy atom. The first kappa shape index (κ1) is 28.7. The zero-order chi connectivity index (χ0) is 2.71. The summed E-state index contributed by atoms with van der Waals surface area (Å²) in [5, 5.41) is 0. The summed E-state index contributed by atoms with van der Waals surface area (Å²) in [5.74, 6) is 0. The van der Waals surface area contributed by atoms with E-state index in [4.69, 9.17) is 9.30 Å². The summed E-state index contributed by atoms with van der Waals surface area (Å²) < 4.78 is 0. The molecule has 0 rings (SSSR count). The van der Waals surface area contributed by atoms with Crippen molar-refractivity contribution in [3.63, 3.8) is 0 Å². The van der Waals surface area contributed by atoms with Gasteiger partial charge in [-0.15, -0.1) is 0 Å². The maximum absolute atomic E-state index is 5.01. The zero-order valence-electron chi connectivity index (χ0n) is 4.59. The Hall–Kier alpha value is 0.874. The van der Waals surface area contributed by atoms with Crippen molar-refractivity contribution >= 4 is 14.1 Å². The van der Waals surface area contributed by atoms with Crippen LogP contribution in [-0.2, 0) is 17.6 Å². The SMILES string of the molecule is [CH2]=[Ti][Cl].[CH3-].[CH3-].[CH3-]. The van der Waals surface area contributed by atoms with Gasteiger partial charge in [0, 0.05) is 0 Å². The summed E-state index contributed by atoms with van der Waals surface area (Å²) in [6, 6.07) is 0. The van der Waals surface area contributed by atoms with Crippen molar-refractivity contribution in [2.24, 2.45) is 0 Å². The molecular formula is C4H11ClTi-3. The minimum Gasteiger partial charge on any atom is -0.358 e. The third kappa shape index (κ3) is 95.7. The standard InChI is InChI=1S/3CH3.CH2.ClH.Ti/h3*1H3;1H2;1H;/q3*-1;;;+1/p-1. The van der Waals surface area contributed by atoms with Crippen LogP contribution in [0.25, 0.3) is 0 Å². The molecular weight excluding hydrogens is 131 g/mol. The summed E-state index contributed by atoms with van der Waals surface area (Å²) in [7, 11) is 5.01. The molecule has 0 aromatic heterocycles. The van der Waals surface area contributed by atoms with E-state index in [2.05, 4.69) is 4.82 Å². The van der Waals surface area contributed by atoms with E-state index in [-0.39, 0.29) is 39.9 Å². The fourth-order valence-electron chi connectivity index (χ4n) is 0. The minimum atomic E-state index is -0.278. The van der Waals surface area contributed by atoms with E-state index in [1.54, 1.807) is 0 Å². The molecule has 0 atom stereocenters. The van der Waals surface area contributed by atoms with Crippen molar-refractivity contribution in [1.82, 2.24) is 0 Å². The van der Waals surface area contributed by atoms with Gasteiger partial charge in [-0.2, -0.15) is 0 Å². The van der Waals surface area contributed by atoms with Crippen molar-refractivity contribution in [2.75, 3.05) is 0 Å². The molecule has 0 aromatic rings. The van der Waals surface area contributed by atoms with Crippen LogP contribution in [0.15, 0.2) is 0 Å². The Bertz CT molecular complexity index is 15.0. The summed E-state index contributed by atoms with van der Waals surface area (Å²) in [4.78, 5) is 3.38. The third-order valence-electron chi connectivity index (χ3n) is 0. The summed E-state index contributed by atoms with van der Waals surface area (Å²) in [6.07, 6.45) is 0. The van der Waals surface area contributed by atoms with Gasteiger partial charge in [-0.25, -0.2) is 0 Å². The molecule has 41 valence electrons. The molecule has 0 saturated carbocycles. The molecule has 0 nitrogen and oxygen atoms in total. The molecule has 0 radical (unpaired) electrons. The summed E-state index contributed by atoms with van der Waals surface area (Å²) >= 11 is -0.278. The molecule has 0 spiro atoms. The smallest absolute Gasteiger partial charge is 0.358 e. The molecule has 0 heterocycles. The van der Waals surface area contributed by atoms with Crippen LogP contribution in [-0.4, -0.2) is 4.82 Å². The van der Waals surface area contributed by atoms with E-state index in [1.165, 1.54) is 0 Å².